The van der Waals surface area contributed by atoms with E-state index in [1.165, 1.54) is 5.56 Å². The van der Waals surface area contributed by atoms with Gasteiger partial charge in [-0.25, -0.2) is 0 Å². The maximum absolute atomic E-state index is 12.4. The lowest BCUT2D eigenvalue weighted by Gasteiger charge is -2.13. The van der Waals surface area contributed by atoms with Crippen molar-refractivity contribution in [1.29, 1.82) is 0 Å². The summed E-state index contributed by atoms with van der Waals surface area (Å²) in [5, 5.41) is 3.86. The Morgan fingerprint density at radius 2 is 1.78 bits per heavy atom. The Kier molecular flexibility index (Phi) is 5.31. The standard InChI is InChI=1S/C22H24N2O3/c1-13-9-14(2)21(15(3)10-13)24-20(25)8-5-16-11-17-12-18(27-4)6-7-19(17)23-22(16)26/h6-7,9-12H,5,8H2,1-4H3,(H,23,26)(H,24,25). The van der Waals surface area contributed by atoms with E-state index < -0.39 is 0 Å². The SMILES string of the molecule is COc1ccc2[nH]c(=O)c(CCC(=O)Nc3c(C)cc(C)cc3C)cc2c1. The molecule has 0 radical (unpaired) electrons. The molecule has 0 bridgehead atoms. The largest absolute Gasteiger partial charge is 0.497 e. The van der Waals surface area contributed by atoms with Gasteiger partial charge < -0.3 is 15.0 Å². The van der Waals surface area contributed by atoms with Crippen LogP contribution >= 0.6 is 0 Å². The summed E-state index contributed by atoms with van der Waals surface area (Å²) in [4.78, 5) is 27.6. The quantitative estimate of drug-likeness (QED) is 0.718. The molecular formula is C22H24N2O3. The molecule has 3 rings (SSSR count). The highest BCUT2D eigenvalue weighted by Gasteiger charge is 2.11. The summed E-state index contributed by atoms with van der Waals surface area (Å²) in [6.45, 7) is 6.00. The zero-order valence-corrected chi connectivity index (χ0v) is 16.1. The number of benzene rings is 2. The van der Waals surface area contributed by atoms with Crippen molar-refractivity contribution in [2.24, 2.45) is 0 Å². The molecule has 0 aliphatic rings. The number of carbonyl (C=O) groups excluding carboxylic acids is 1. The number of hydrogen-bond acceptors (Lipinski definition) is 3. The Balaban J connectivity index is 1.75. The lowest BCUT2D eigenvalue weighted by molar-refractivity contribution is -0.116. The zero-order chi connectivity index (χ0) is 19.6. The molecule has 2 N–H and O–H groups in total. The number of carbonyl (C=O) groups is 1. The predicted molar refractivity (Wildman–Crippen MR) is 109 cm³/mol. The van der Waals surface area contributed by atoms with Crippen LogP contribution in [-0.4, -0.2) is 18.0 Å². The highest BCUT2D eigenvalue weighted by molar-refractivity contribution is 5.92. The van der Waals surface area contributed by atoms with Crippen LogP contribution in [0.5, 0.6) is 5.75 Å². The number of anilines is 1. The van der Waals surface area contributed by atoms with Crippen LogP contribution in [0.15, 0.2) is 41.2 Å². The normalized spacial score (nSPS) is 10.8. The lowest BCUT2D eigenvalue weighted by atomic mass is 10.0. The van der Waals surface area contributed by atoms with E-state index in [0.717, 1.165) is 33.5 Å². The topological polar surface area (TPSA) is 71.2 Å². The third kappa shape index (κ3) is 4.19. The van der Waals surface area contributed by atoms with Gasteiger partial charge in [0.1, 0.15) is 5.75 Å². The third-order valence-electron chi connectivity index (χ3n) is 4.69. The minimum atomic E-state index is -0.164. The van der Waals surface area contributed by atoms with Gasteiger partial charge in [0.05, 0.1) is 7.11 Å². The zero-order valence-electron chi connectivity index (χ0n) is 16.1. The van der Waals surface area contributed by atoms with Crippen molar-refractivity contribution in [3.63, 3.8) is 0 Å². The van der Waals surface area contributed by atoms with Crippen molar-refractivity contribution >= 4 is 22.5 Å². The second kappa shape index (κ2) is 7.66. The number of H-pyrrole nitrogens is 1. The molecule has 3 aromatic rings. The van der Waals surface area contributed by atoms with Gasteiger partial charge in [-0.3, -0.25) is 9.59 Å². The predicted octanol–water partition coefficient (Wildman–Crippen LogP) is 4.03. The summed E-state index contributed by atoms with van der Waals surface area (Å²) in [7, 11) is 1.60. The first kappa shape index (κ1) is 18.7. The van der Waals surface area contributed by atoms with E-state index in [4.69, 9.17) is 4.74 Å². The van der Waals surface area contributed by atoms with Crippen LogP contribution in [-0.2, 0) is 11.2 Å². The van der Waals surface area contributed by atoms with Crippen molar-refractivity contribution in [3.05, 3.63) is 69.0 Å². The Hall–Kier alpha value is -3.08. The highest BCUT2D eigenvalue weighted by atomic mass is 16.5. The Morgan fingerprint density at radius 1 is 1.07 bits per heavy atom. The van der Waals surface area contributed by atoms with Crippen molar-refractivity contribution in [3.8, 4) is 5.75 Å². The molecule has 5 heteroatoms. The van der Waals surface area contributed by atoms with Gasteiger partial charge in [-0.1, -0.05) is 17.7 Å². The average molecular weight is 364 g/mol. The van der Waals surface area contributed by atoms with Gasteiger partial charge in [0, 0.05) is 28.6 Å². The van der Waals surface area contributed by atoms with Crippen LogP contribution in [0.4, 0.5) is 5.69 Å². The van der Waals surface area contributed by atoms with Crippen LogP contribution in [0.2, 0.25) is 0 Å². The van der Waals surface area contributed by atoms with Crippen LogP contribution in [0.3, 0.4) is 0 Å². The molecule has 27 heavy (non-hydrogen) atoms. The molecule has 1 aromatic heterocycles. The molecule has 0 fully saturated rings. The van der Waals surface area contributed by atoms with Crippen LogP contribution in [0.1, 0.15) is 28.7 Å². The first-order valence-electron chi connectivity index (χ1n) is 8.95. The summed E-state index contributed by atoms with van der Waals surface area (Å²) in [6.07, 6.45) is 0.615. The Morgan fingerprint density at radius 3 is 2.44 bits per heavy atom. The van der Waals surface area contributed by atoms with Gasteiger partial charge in [0.2, 0.25) is 5.91 Å². The first-order valence-corrected chi connectivity index (χ1v) is 8.95. The van der Waals surface area contributed by atoms with E-state index >= 15 is 0 Å². The van der Waals surface area contributed by atoms with Gasteiger partial charge >= 0.3 is 0 Å². The number of rotatable bonds is 5. The molecule has 5 nitrogen and oxygen atoms in total. The number of nitrogens with one attached hydrogen (secondary N) is 2. The molecule has 0 saturated carbocycles. The number of pyridine rings is 1. The summed E-state index contributed by atoms with van der Waals surface area (Å²) in [6, 6.07) is 11.4. The molecule has 0 spiro atoms. The molecule has 140 valence electrons. The van der Waals surface area contributed by atoms with Crippen LogP contribution in [0.25, 0.3) is 10.9 Å². The fourth-order valence-corrected chi connectivity index (χ4v) is 3.37. The fraction of sp³-hybridized carbons (Fsp3) is 0.273. The fourth-order valence-electron chi connectivity index (χ4n) is 3.37. The number of hydrogen-bond donors (Lipinski definition) is 2. The molecule has 0 saturated heterocycles. The number of aromatic amines is 1. The van der Waals surface area contributed by atoms with Gasteiger partial charge in [-0.2, -0.15) is 0 Å². The number of aromatic nitrogens is 1. The molecule has 0 unspecified atom stereocenters. The van der Waals surface area contributed by atoms with E-state index in [1.54, 1.807) is 13.2 Å². The average Bonchev–Trinajstić information content (AvgIpc) is 2.62. The van der Waals surface area contributed by atoms with Crippen LogP contribution < -0.4 is 15.6 Å². The maximum Gasteiger partial charge on any atom is 0.251 e. The molecular weight excluding hydrogens is 340 g/mol. The molecule has 0 atom stereocenters. The summed E-state index contributed by atoms with van der Waals surface area (Å²) < 4.78 is 5.23. The molecule has 0 aliphatic heterocycles. The van der Waals surface area contributed by atoms with Crippen molar-refractivity contribution in [2.75, 3.05) is 12.4 Å². The summed E-state index contributed by atoms with van der Waals surface area (Å²) in [5.74, 6) is 0.624. The molecule has 2 aromatic carbocycles. The maximum atomic E-state index is 12.4. The second-order valence-electron chi connectivity index (χ2n) is 6.90. The number of fused-ring (bicyclic) bond motifs is 1. The molecule has 1 amide bonds. The van der Waals surface area contributed by atoms with E-state index in [2.05, 4.69) is 10.3 Å². The second-order valence-corrected chi connectivity index (χ2v) is 6.90. The molecule has 1 heterocycles. The van der Waals surface area contributed by atoms with E-state index in [1.807, 2.05) is 51.1 Å². The Bertz CT molecular complexity index is 1040. The van der Waals surface area contributed by atoms with E-state index in [0.29, 0.717) is 12.0 Å². The van der Waals surface area contributed by atoms with Crippen molar-refractivity contribution in [1.82, 2.24) is 4.98 Å². The number of methoxy groups -OCH3 is 1. The van der Waals surface area contributed by atoms with Gasteiger partial charge in [-0.05, 0) is 62.6 Å². The third-order valence-corrected chi connectivity index (χ3v) is 4.69. The number of amides is 1. The lowest BCUT2D eigenvalue weighted by Crippen LogP contribution is -2.18. The number of aryl methyl sites for hydroxylation is 4. The minimum Gasteiger partial charge on any atom is -0.497 e. The van der Waals surface area contributed by atoms with Crippen molar-refractivity contribution < 1.29 is 9.53 Å². The number of ether oxygens (including phenoxy) is 1. The molecule has 0 aliphatic carbocycles. The van der Waals surface area contributed by atoms with E-state index in [-0.39, 0.29) is 17.9 Å². The van der Waals surface area contributed by atoms with E-state index in [9.17, 15) is 9.59 Å². The highest BCUT2D eigenvalue weighted by Crippen LogP contribution is 2.22. The summed E-state index contributed by atoms with van der Waals surface area (Å²) in [5.41, 5.74) is 5.27. The monoisotopic (exact) mass is 364 g/mol. The Labute approximate surface area is 158 Å². The van der Waals surface area contributed by atoms with Gasteiger partial charge in [0.25, 0.3) is 5.56 Å². The van der Waals surface area contributed by atoms with Crippen LogP contribution in [0, 0.1) is 20.8 Å². The van der Waals surface area contributed by atoms with Gasteiger partial charge in [-0.15, -0.1) is 0 Å². The summed E-state index contributed by atoms with van der Waals surface area (Å²) >= 11 is 0. The minimum absolute atomic E-state index is 0.102. The van der Waals surface area contributed by atoms with Gasteiger partial charge in [0.15, 0.2) is 0 Å². The smallest absolute Gasteiger partial charge is 0.251 e. The van der Waals surface area contributed by atoms with Crippen molar-refractivity contribution in [2.45, 2.75) is 33.6 Å². The first-order chi connectivity index (χ1) is 12.9.